The number of benzene rings is 1. The van der Waals surface area contributed by atoms with Crippen molar-refractivity contribution in [2.75, 3.05) is 13.7 Å². The molecule has 1 aromatic rings. The number of allylic oxidation sites excluding steroid dienone is 1. The van der Waals surface area contributed by atoms with Crippen LogP contribution in [0.25, 0.3) is 0 Å². The molecule has 0 heterocycles. The fourth-order valence-electron chi connectivity index (χ4n) is 2.05. The minimum Gasteiger partial charge on any atom is -0.465 e. The summed E-state index contributed by atoms with van der Waals surface area (Å²) in [5.41, 5.74) is 0.903. The first-order valence-electron chi connectivity index (χ1n) is 7.66. The van der Waals surface area contributed by atoms with Crippen molar-refractivity contribution in [1.29, 1.82) is 0 Å². The molecule has 1 aromatic carbocycles. The summed E-state index contributed by atoms with van der Waals surface area (Å²) in [6.45, 7) is 6.00. The third kappa shape index (κ3) is 5.31. The highest BCUT2D eigenvalue weighted by Gasteiger charge is 2.22. The molecule has 0 amide bonds. The molecular weight excluding hydrogens is 312 g/mol. The van der Waals surface area contributed by atoms with Crippen molar-refractivity contribution in [3.8, 4) is 5.75 Å². The van der Waals surface area contributed by atoms with E-state index in [1.54, 1.807) is 12.1 Å². The molecule has 0 spiro atoms. The molecule has 0 fully saturated rings. The zero-order valence-electron chi connectivity index (χ0n) is 13.9. The zero-order chi connectivity index (χ0) is 17.9. The van der Waals surface area contributed by atoms with E-state index in [-0.39, 0.29) is 11.3 Å². The maximum atomic E-state index is 12.0. The van der Waals surface area contributed by atoms with E-state index in [4.69, 9.17) is 14.2 Å². The molecule has 0 bridgehead atoms. The molecule has 0 saturated heterocycles. The summed E-state index contributed by atoms with van der Waals surface area (Å²) in [4.78, 5) is 34.3. The number of ether oxygens (including phenoxy) is 3. The molecule has 0 aliphatic rings. The van der Waals surface area contributed by atoms with E-state index in [9.17, 15) is 14.4 Å². The normalized spacial score (nSPS) is 11.4. The number of hydrogen-bond donors (Lipinski definition) is 0. The van der Waals surface area contributed by atoms with Crippen LogP contribution in [-0.2, 0) is 20.7 Å². The van der Waals surface area contributed by atoms with Crippen molar-refractivity contribution in [3.05, 3.63) is 41.5 Å². The van der Waals surface area contributed by atoms with Crippen LogP contribution >= 0.6 is 0 Å². The quantitative estimate of drug-likeness (QED) is 0.204. The van der Waals surface area contributed by atoms with Gasteiger partial charge in [-0.3, -0.25) is 9.59 Å². The highest BCUT2D eigenvalue weighted by atomic mass is 16.7. The summed E-state index contributed by atoms with van der Waals surface area (Å²) in [7, 11) is 1.22. The topological polar surface area (TPSA) is 78.9 Å². The Hall–Kier alpha value is -2.47. The van der Waals surface area contributed by atoms with Crippen molar-refractivity contribution in [1.82, 2.24) is 0 Å². The molecule has 0 radical (unpaired) electrons. The number of esters is 1. The van der Waals surface area contributed by atoms with Gasteiger partial charge in [0.2, 0.25) is 0 Å². The third-order valence-electron chi connectivity index (χ3n) is 3.22. The van der Waals surface area contributed by atoms with Crippen LogP contribution in [0.2, 0.25) is 0 Å². The Morgan fingerprint density at radius 2 is 2.08 bits per heavy atom. The van der Waals surface area contributed by atoms with Gasteiger partial charge in [-0.05, 0) is 30.5 Å². The van der Waals surface area contributed by atoms with Crippen LogP contribution in [-0.4, -0.2) is 38.5 Å². The van der Waals surface area contributed by atoms with Gasteiger partial charge in [-0.1, -0.05) is 19.4 Å². The number of hydrogen-bond acceptors (Lipinski definition) is 6. The Balaban J connectivity index is 3.24. The maximum Gasteiger partial charge on any atom is 0.341 e. The molecular formula is C18H22O6. The highest BCUT2D eigenvalue weighted by Crippen LogP contribution is 2.28. The lowest BCUT2D eigenvalue weighted by molar-refractivity contribution is -0.137. The van der Waals surface area contributed by atoms with Gasteiger partial charge >= 0.3 is 5.97 Å². The molecule has 1 unspecified atom stereocenters. The van der Waals surface area contributed by atoms with Gasteiger partial charge < -0.3 is 14.2 Å². The highest BCUT2D eigenvalue weighted by molar-refractivity contribution is 5.95. The summed E-state index contributed by atoms with van der Waals surface area (Å²) >= 11 is 0. The largest absolute Gasteiger partial charge is 0.465 e. The minimum atomic E-state index is -1.15. The van der Waals surface area contributed by atoms with Crippen molar-refractivity contribution in [2.24, 2.45) is 0 Å². The van der Waals surface area contributed by atoms with Crippen molar-refractivity contribution < 1.29 is 28.6 Å². The molecule has 0 aromatic heterocycles. The average molecular weight is 334 g/mol. The predicted molar refractivity (Wildman–Crippen MR) is 88.4 cm³/mol. The first-order valence-corrected chi connectivity index (χ1v) is 7.66. The maximum absolute atomic E-state index is 12.0. The van der Waals surface area contributed by atoms with Gasteiger partial charge in [-0.15, -0.1) is 6.58 Å². The monoisotopic (exact) mass is 334 g/mol. The summed E-state index contributed by atoms with van der Waals surface area (Å²) in [6, 6.07) is 2.93. The third-order valence-corrected chi connectivity index (χ3v) is 3.22. The van der Waals surface area contributed by atoms with Gasteiger partial charge in [0.1, 0.15) is 17.6 Å². The number of aldehydes is 2. The van der Waals surface area contributed by atoms with Gasteiger partial charge in [0, 0.05) is 5.56 Å². The molecule has 130 valence electrons. The standard InChI is InChI=1S/C18H22O6/c1-4-6-8-23-16(12-20)24-17-14(7-5-2)9-13(11-19)10-15(17)18(21)22-3/h5,9-12,16H,2,4,6-8H2,1,3H3. The van der Waals surface area contributed by atoms with Gasteiger partial charge in [-0.25, -0.2) is 4.79 Å². The molecule has 0 aliphatic carbocycles. The summed E-state index contributed by atoms with van der Waals surface area (Å²) in [5.74, 6) is -0.516. The average Bonchev–Trinajstić information content (AvgIpc) is 2.61. The van der Waals surface area contributed by atoms with Crippen LogP contribution in [0.4, 0.5) is 0 Å². The van der Waals surface area contributed by atoms with Crippen molar-refractivity contribution >= 4 is 18.5 Å². The van der Waals surface area contributed by atoms with Crippen LogP contribution in [0.5, 0.6) is 5.75 Å². The van der Waals surface area contributed by atoms with E-state index in [0.717, 1.165) is 12.8 Å². The smallest absolute Gasteiger partial charge is 0.341 e. The molecule has 6 heteroatoms. The Kier molecular flexibility index (Phi) is 8.43. The fraction of sp³-hybridized carbons (Fsp3) is 0.389. The number of methoxy groups -OCH3 is 1. The number of carbonyl (C=O) groups is 3. The van der Waals surface area contributed by atoms with E-state index >= 15 is 0 Å². The van der Waals surface area contributed by atoms with Gasteiger partial charge in [-0.2, -0.15) is 0 Å². The SMILES string of the molecule is C=CCc1cc(C=O)cc(C(=O)OC)c1OC(C=O)OCCCC. The van der Waals surface area contributed by atoms with E-state index in [1.807, 2.05) is 6.92 Å². The molecule has 1 rings (SSSR count). The second kappa shape index (κ2) is 10.3. The Bertz CT molecular complexity index is 593. The zero-order valence-corrected chi connectivity index (χ0v) is 13.9. The summed E-state index contributed by atoms with van der Waals surface area (Å²) < 4.78 is 15.7. The number of carbonyl (C=O) groups excluding carboxylic acids is 3. The second-order valence-corrected chi connectivity index (χ2v) is 5.01. The molecule has 1 atom stereocenters. The molecule has 0 N–H and O–H groups in total. The summed E-state index contributed by atoms with van der Waals surface area (Å²) in [5, 5.41) is 0. The first-order chi connectivity index (χ1) is 11.6. The van der Waals surface area contributed by atoms with Crippen LogP contribution in [0, 0.1) is 0 Å². The number of unbranched alkanes of at least 4 members (excludes halogenated alkanes) is 1. The van der Waals surface area contributed by atoms with Crippen LogP contribution in [0.15, 0.2) is 24.8 Å². The van der Waals surface area contributed by atoms with E-state index in [2.05, 4.69) is 6.58 Å². The lowest BCUT2D eigenvalue weighted by Gasteiger charge is -2.19. The number of rotatable bonds is 11. The molecule has 6 nitrogen and oxygen atoms in total. The van der Waals surface area contributed by atoms with E-state index in [1.165, 1.54) is 13.2 Å². The molecule has 0 aliphatic heterocycles. The van der Waals surface area contributed by atoms with Gasteiger partial charge in [0.05, 0.1) is 13.7 Å². The Morgan fingerprint density at radius 1 is 1.33 bits per heavy atom. The fourth-order valence-corrected chi connectivity index (χ4v) is 2.05. The summed E-state index contributed by atoms with van der Waals surface area (Å²) in [6.07, 6.45) is 3.63. The van der Waals surface area contributed by atoms with E-state index in [0.29, 0.717) is 36.7 Å². The van der Waals surface area contributed by atoms with Crippen LogP contribution in [0.3, 0.4) is 0 Å². The lowest BCUT2D eigenvalue weighted by Crippen LogP contribution is -2.24. The predicted octanol–water partition coefficient (Wildman–Crippen LogP) is 2.73. The minimum absolute atomic E-state index is 0.0601. The van der Waals surface area contributed by atoms with Crippen LogP contribution in [0.1, 0.15) is 46.0 Å². The van der Waals surface area contributed by atoms with Crippen LogP contribution < -0.4 is 4.74 Å². The van der Waals surface area contributed by atoms with Crippen molar-refractivity contribution in [3.63, 3.8) is 0 Å². The lowest BCUT2D eigenvalue weighted by atomic mass is 10.0. The van der Waals surface area contributed by atoms with Gasteiger partial charge in [0.25, 0.3) is 6.29 Å². The molecule has 0 saturated carbocycles. The Morgan fingerprint density at radius 3 is 2.62 bits per heavy atom. The Labute approximate surface area is 141 Å². The van der Waals surface area contributed by atoms with Crippen molar-refractivity contribution in [2.45, 2.75) is 32.5 Å². The second-order valence-electron chi connectivity index (χ2n) is 5.01. The van der Waals surface area contributed by atoms with Gasteiger partial charge in [0.15, 0.2) is 6.29 Å². The molecule has 24 heavy (non-hydrogen) atoms. The first kappa shape index (κ1) is 19.6. The van der Waals surface area contributed by atoms with E-state index < -0.39 is 12.3 Å².